The first kappa shape index (κ1) is 88.8. The van der Waals surface area contributed by atoms with Gasteiger partial charge in [0.2, 0.25) is 0 Å². The number of carbonyl (C=O) groups excluding carboxylic acids is 4. The minimum absolute atomic E-state index is 0. The third kappa shape index (κ3) is 30.7. The molecule has 0 bridgehead atoms. The molecule has 1 radical (unpaired) electrons. The van der Waals surface area contributed by atoms with Gasteiger partial charge in [0.15, 0.2) is 23.1 Å². The summed E-state index contributed by atoms with van der Waals surface area (Å²) in [5.74, 6) is 2.08. The number of ether oxygens (including phenoxy) is 5. The zero-order valence-electron chi connectivity index (χ0n) is 65.7. The molecule has 20 heteroatoms. The number of aryl methyl sites for hydroxylation is 1. The number of allylic oxidation sites excluding steroid dienone is 14. The molecule has 2 aromatic carbocycles. The Morgan fingerprint density at radius 3 is 1.32 bits per heavy atom. The van der Waals surface area contributed by atoms with Crippen LogP contribution in [0.4, 0.5) is 0 Å². The van der Waals surface area contributed by atoms with Crippen LogP contribution in [0.5, 0.6) is 0 Å². The van der Waals surface area contributed by atoms with E-state index in [2.05, 4.69) is 160 Å². The third-order valence-corrected chi connectivity index (χ3v) is 22.0. The standard InChI is InChI=1S/C19H32N2O.C14H17NO.C14H19NO.C12H19NO2.2C10H15NO2.C7H9BN.2U/c1-15-4-6-16(7-5-15)20-8-10-21(11-9-20)17-12-18(22)14-19(2,3)13-17;1-2-4-13-11-14(6-5-12(13)3-1)15-7-9-16-10-8-15;1-2-14(15-8-10-16-11-9-15)12-13-6-4-3-5-7-13;1-12(2)8-10(7-11(14)9-12)13-3-5-15-6-4-13;2*12-10-3-1-2-9(8-10)11-4-6-13-7-5-11;1-6-2-4-7(9-8)5-3-6;;/h12,15-16H,4-11,13-14H2,1-3H3;1-4,11H,5-10H2;3-7,12H,2,8-11H2,1H3;7H,3-6,8-9H2,1-2H3;2*8H,1-7H2;2,4H,3,5H2,1H3;;/b;;14-12-;;;;;;. The number of carbonyl (C=O) groups is 4. The van der Waals surface area contributed by atoms with Crippen molar-refractivity contribution in [2.75, 3.05) is 158 Å². The molecule has 7 aliphatic carbocycles. The van der Waals surface area contributed by atoms with Gasteiger partial charge in [-0.2, -0.15) is 0 Å². The van der Waals surface area contributed by atoms with E-state index in [0.29, 0.717) is 18.6 Å². The van der Waals surface area contributed by atoms with Crippen molar-refractivity contribution < 1.29 is 105 Å². The second kappa shape index (κ2) is 47.1. The molecule has 2 aromatic rings. The predicted octanol–water partition coefficient (Wildman–Crippen LogP) is 14.0. The maximum Gasteiger partial charge on any atom is 0 e. The molecule has 13 aliphatic rings. The predicted molar refractivity (Wildman–Crippen MR) is 419 cm³/mol. The first-order valence-corrected chi connectivity index (χ1v) is 39.8. The van der Waals surface area contributed by atoms with Gasteiger partial charge in [-0.05, 0) is 129 Å². The largest absolute Gasteiger partial charge is 0 e. The van der Waals surface area contributed by atoms with Crippen LogP contribution in [0.25, 0.3) is 12.2 Å². The van der Waals surface area contributed by atoms with Gasteiger partial charge in [-0.25, -0.2) is 0 Å². The minimum Gasteiger partial charge on any atom is 0 e. The van der Waals surface area contributed by atoms with E-state index in [-0.39, 0.29) is 90.4 Å². The zero-order valence-corrected chi connectivity index (χ0v) is 74.0. The number of hydrogen-bond donors (Lipinski definition) is 0. The normalized spacial score (nSPS) is 24.0. The average molecular weight is 1900 g/mol. The van der Waals surface area contributed by atoms with E-state index in [1.165, 1.54) is 108 Å². The fourth-order valence-electron chi connectivity index (χ4n) is 16.0. The Hall–Kier alpha value is -4.43. The SMILES string of the molecule is C1=C(N2CCOCC2)CCc2ccccc21.CC/C(=C/c1ccccc1)N1CCOCC1.CC1(C)CC(=O)C=C(N2CCOCC2)C1.CC1CCC(N2CCN(C3=CC(=O)CC(C)(C)C3)CC2)CC1.O=C1C=C(N2CCOCC2)CCC1.O=C1C=C(N2CCOCC2)CCC1.[B]=NC1=CC=C(C)CC1.[U].[U]. The van der Waals surface area contributed by atoms with E-state index >= 15 is 0 Å². The van der Waals surface area contributed by atoms with E-state index in [0.717, 1.165) is 233 Å². The quantitative estimate of drug-likeness (QED) is 0.207. The van der Waals surface area contributed by atoms with Gasteiger partial charge in [0, 0.05) is 244 Å². The molecule has 0 aromatic heterocycles. The molecule has 575 valence electrons. The van der Waals surface area contributed by atoms with Crippen LogP contribution in [0.15, 0.2) is 141 Å². The number of fused-ring (bicyclic) bond motifs is 1. The Morgan fingerprint density at radius 1 is 0.462 bits per heavy atom. The summed E-state index contributed by atoms with van der Waals surface area (Å²) >= 11 is 0. The number of rotatable bonds is 10. The van der Waals surface area contributed by atoms with Crippen LogP contribution >= 0.6 is 0 Å². The van der Waals surface area contributed by atoms with Crippen molar-refractivity contribution >= 4 is 42.9 Å². The van der Waals surface area contributed by atoms with Crippen LogP contribution in [0.3, 0.4) is 0 Å². The summed E-state index contributed by atoms with van der Waals surface area (Å²) in [5, 5.41) is 0. The van der Waals surface area contributed by atoms with Crippen LogP contribution in [0, 0.1) is 79.0 Å². The Balaban J connectivity index is 0.000000174. The molecule has 0 atom stereocenters. The monoisotopic (exact) mass is 1900 g/mol. The second-order valence-electron chi connectivity index (χ2n) is 31.6. The van der Waals surface area contributed by atoms with Crippen LogP contribution in [0.2, 0.25) is 0 Å². The summed E-state index contributed by atoms with van der Waals surface area (Å²) in [4.78, 5) is 66.4. The van der Waals surface area contributed by atoms with Gasteiger partial charge in [-0.3, -0.25) is 24.1 Å². The van der Waals surface area contributed by atoms with Gasteiger partial charge in [0.1, 0.15) is 0 Å². The smallest absolute Gasteiger partial charge is 0 e. The zero-order chi connectivity index (χ0) is 73.5. The van der Waals surface area contributed by atoms with Gasteiger partial charge in [-0.1, -0.05) is 96.1 Å². The molecule has 106 heavy (non-hydrogen) atoms. The summed E-state index contributed by atoms with van der Waals surface area (Å²) < 4.78 is 26.6. The summed E-state index contributed by atoms with van der Waals surface area (Å²) in [7, 11) is 5.08. The molecule has 6 heterocycles. The van der Waals surface area contributed by atoms with Gasteiger partial charge in [0.05, 0.1) is 66.1 Å². The summed E-state index contributed by atoms with van der Waals surface area (Å²) in [6.07, 6.45) is 36.2. The van der Waals surface area contributed by atoms with Crippen molar-refractivity contribution in [2.45, 2.75) is 177 Å². The number of morpholine rings is 5. The second-order valence-corrected chi connectivity index (χ2v) is 31.6. The fraction of sp³-hybridized carbons (Fsp3) is 0.628. The van der Waals surface area contributed by atoms with Gasteiger partial charge in [-0.15, -0.1) is 0 Å². The van der Waals surface area contributed by atoms with Crippen molar-refractivity contribution in [2.24, 2.45) is 21.6 Å². The number of nitrogens with zero attached hydrogens (tertiary/aromatic N) is 8. The topological polar surface area (TPSA) is 149 Å². The van der Waals surface area contributed by atoms with E-state index in [4.69, 9.17) is 31.3 Å². The molecular formula is C86H126BN8O9U2. The molecule has 7 fully saturated rings. The molecule has 15 rings (SSSR count). The van der Waals surface area contributed by atoms with Crippen molar-refractivity contribution in [3.05, 3.63) is 153 Å². The third-order valence-electron chi connectivity index (χ3n) is 22.0. The van der Waals surface area contributed by atoms with Crippen molar-refractivity contribution in [3.63, 3.8) is 0 Å². The Labute approximate surface area is 685 Å². The minimum atomic E-state index is 0. The van der Waals surface area contributed by atoms with Crippen LogP contribution < -0.4 is 0 Å². The molecular weight excluding hydrogens is 1780 g/mol. The fourth-order valence-corrected chi connectivity index (χ4v) is 16.0. The van der Waals surface area contributed by atoms with Gasteiger partial charge < -0.3 is 53.1 Å². The molecule has 6 aliphatic heterocycles. The Morgan fingerprint density at radius 2 is 0.887 bits per heavy atom. The number of hydrogen-bond acceptors (Lipinski definition) is 17. The average Bonchev–Trinajstić information content (AvgIpc) is 0.821. The van der Waals surface area contributed by atoms with Crippen molar-refractivity contribution in [1.82, 2.24) is 34.3 Å². The molecule has 0 N–H and O–H groups in total. The van der Waals surface area contributed by atoms with Crippen molar-refractivity contribution in [3.8, 4) is 0 Å². The molecule has 0 spiro atoms. The molecule has 0 unspecified atom stereocenters. The number of piperazine rings is 1. The molecule has 6 saturated heterocycles. The van der Waals surface area contributed by atoms with Gasteiger partial charge in [0.25, 0.3) is 0 Å². The first-order chi connectivity index (χ1) is 50.4. The van der Waals surface area contributed by atoms with Crippen LogP contribution in [-0.4, -0.2) is 229 Å². The van der Waals surface area contributed by atoms with E-state index < -0.39 is 0 Å². The van der Waals surface area contributed by atoms with E-state index in [1.54, 1.807) is 0 Å². The summed E-state index contributed by atoms with van der Waals surface area (Å²) in [6.45, 7) is 38.0. The summed E-state index contributed by atoms with van der Waals surface area (Å²) in [6, 6.07) is 20.0. The number of benzene rings is 2. The first-order valence-electron chi connectivity index (χ1n) is 39.8. The van der Waals surface area contributed by atoms with Crippen molar-refractivity contribution in [1.29, 1.82) is 0 Å². The maximum atomic E-state index is 12.0. The molecule has 1 saturated carbocycles. The molecule has 0 amide bonds. The Kier molecular flexibility index (Phi) is 39.4. The number of ketones is 4. The van der Waals surface area contributed by atoms with E-state index in [9.17, 15) is 19.2 Å². The summed E-state index contributed by atoms with van der Waals surface area (Å²) in [5.41, 5.74) is 14.7. The molecule has 17 nitrogen and oxygen atoms in total. The van der Waals surface area contributed by atoms with E-state index in [1.807, 2.05) is 30.4 Å². The van der Waals surface area contributed by atoms with Crippen LogP contribution in [0.1, 0.15) is 181 Å². The Bertz CT molecular complexity index is 3270. The maximum absolute atomic E-state index is 12.0. The van der Waals surface area contributed by atoms with Crippen LogP contribution in [-0.2, 0) is 49.3 Å². The van der Waals surface area contributed by atoms with Gasteiger partial charge >= 0.3 is 55.7 Å².